The Morgan fingerprint density at radius 1 is 1.09 bits per heavy atom. The van der Waals surface area contributed by atoms with Gasteiger partial charge in [-0.3, -0.25) is 0 Å². The molecular weight excluding hydrogens is 478 g/mol. The highest BCUT2D eigenvalue weighted by Gasteiger charge is 2.37. The van der Waals surface area contributed by atoms with Crippen LogP contribution in [0.25, 0.3) is 0 Å². The first-order chi connectivity index (χ1) is 16.5. The highest BCUT2D eigenvalue weighted by atomic mass is 32.1. The lowest BCUT2D eigenvalue weighted by molar-refractivity contribution is -0.141. The summed E-state index contributed by atoms with van der Waals surface area (Å²) in [5.74, 6) is 0.490. The van der Waals surface area contributed by atoms with Gasteiger partial charge in [0.15, 0.2) is 10.8 Å². The SMILES string of the molecule is C[C@@H]1C[C@H](C)CN(c2cc(C(F)(F)F)nc(NC(=S)NCC3(c4ccc(F)cc4)CCCC3)n2)C1. The molecule has 2 atom stereocenters. The molecule has 1 aromatic heterocycles. The van der Waals surface area contributed by atoms with Crippen molar-refractivity contribution in [2.24, 2.45) is 11.8 Å². The molecule has 2 aliphatic rings. The van der Waals surface area contributed by atoms with Crippen LogP contribution in [0.1, 0.15) is 57.2 Å². The summed E-state index contributed by atoms with van der Waals surface area (Å²) in [6, 6.07) is 7.50. The molecule has 0 spiro atoms. The molecule has 10 heteroatoms. The number of hydrogen-bond donors (Lipinski definition) is 2. The molecule has 4 rings (SSSR count). The zero-order valence-corrected chi connectivity index (χ0v) is 20.8. The maximum absolute atomic E-state index is 13.6. The van der Waals surface area contributed by atoms with Crippen LogP contribution in [0.4, 0.5) is 29.3 Å². The maximum Gasteiger partial charge on any atom is 0.433 e. The van der Waals surface area contributed by atoms with E-state index < -0.39 is 11.9 Å². The minimum atomic E-state index is -4.60. The van der Waals surface area contributed by atoms with E-state index in [4.69, 9.17) is 12.2 Å². The van der Waals surface area contributed by atoms with E-state index in [0.29, 0.717) is 31.5 Å². The van der Waals surface area contributed by atoms with Crippen molar-refractivity contribution < 1.29 is 17.6 Å². The first-order valence-corrected chi connectivity index (χ1v) is 12.5. The fraction of sp³-hybridized carbons (Fsp3) is 0.560. The van der Waals surface area contributed by atoms with E-state index in [1.54, 1.807) is 12.1 Å². The van der Waals surface area contributed by atoms with E-state index in [1.165, 1.54) is 12.1 Å². The molecule has 0 radical (unpaired) electrons. The lowest BCUT2D eigenvalue weighted by atomic mass is 9.79. The molecule has 1 saturated carbocycles. The van der Waals surface area contributed by atoms with Gasteiger partial charge in [-0.25, -0.2) is 9.37 Å². The highest BCUT2D eigenvalue weighted by Crippen LogP contribution is 2.40. The van der Waals surface area contributed by atoms with Gasteiger partial charge in [0.25, 0.3) is 0 Å². The van der Waals surface area contributed by atoms with Gasteiger partial charge in [0.2, 0.25) is 5.95 Å². The van der Waals surface area contributed by atoms with Crippen LogP contribution in [0.5, 0.6) is 0 Å². The van der Waals surface area contributed by atoms with Crippen molar-refractivity contribution in [2.75, 3.05) is 29.9 Å². The Morgan fingerprint density at radius 3 is 2.31 bits per heavy atom. The van der Waals surface area contributed by atoms with Crippen LogP contribution in [0.3, 0.4) is 0 Å². The topological polar surface area (TPSA) is 53.1 Å². The Labute approximate surface area is 208 Å². The molecule has 0 amide bonds. The van der Waals surface area contributed by atoms with E-state index >= 15 is 0 Å². The van der Waals surface area contributed by atoms with Gasteiger partial charge in [0.1, 0.15) is 11.6 Å². The van der Waals surface area contributed by atoms with Crippen molar-refractivity contribution in [3.63, 3.8) is 0 Å². The largest absolute Gasteiger partial charge is 0.433 e. The number of aromatic nitrogens is 2. The number of anilines is 2. The summed E-state index contributed by atoms with van der Waals surface area (Å²) >= 11 is 5.41. The second-order valence-electron chi connectivity index (χ2n) is 10.1. The molecule has 0 bridgehead atoms. The molecule has 190 valence electrons. The normalized spacial score (nSPS) is 22.2. The Hall–Kier alpha value is -2.49. The molecule has 2 N–H and O–H groups in total. The third-order valence-electron chi connectivity index (χ3n) is 7.03. The van der Waals surface area contributed by atoms with Crippen molar-refractivity contribution >= 4 is 29.1 Å². The van der Waals surface area contributed by atoms with Gasteiger partial charge in [-0.15, -0.1) is 0 Å². The van der Waals surface area contributed by atoms with Crippen LogP contribution in [0, 0.1) is 17.7 Å². The van der Waals surface area contributed by atoms with E-state index in [2.05, 4.69) is 34.4 Å². The van der Waals surface area contributed by atoms with Crippen LogP contribution in [-0.4, -0.2) is 34.7 Å². The molecular formula is C25H31F4N5S. The molecule has 1 aromatic carbocycles. The summed E-state index contributed by atoms with van der Waals surface area (Å²) in [5, 5.41) is 6.08. The summed E-state index contributed by atoms with van der Waals surface area (Å²) in [6.07, 6.45) is 0.362. The van der Waals surface area contributed by atoms with Crippen LogP contribution in [0.2, 0.25) is 0 Å². The van der Waals surface area contributed by atoms with Crippen LogP contribution in [0.15, 0.2) is 30.3 Å². The zero-order valence-electron chi connectivity index (χ0n) is 20.0. The summed E-state index contributed by atoms with van der Waals surface area (Å²) in [7, 11) is 0. The monoisotopic (exact) mass is 509 g/mol. The Kier molecular flexibility index (Phi) is 7.49. The number of benzene rings is 1. The van der Waals surface area contributed by atoms with Crippen molar-refractivity contribution in [1.82, 2.24) is 15.3 Å². The average molecular weight is 510 g/mol. The fourth-order valence-electron chi connectivity index (χ4n) is 5.47. The summed E-state index contributed by atoms with van der Waals surface area (Å²) in [6.45, 7) is 5.94. The smallest absolute Gasteiger partial charge is 0.361 e. The Balaban J connectivity index is 1.50. The van der Waals surface area contributed by atoms with Crippen LogP contribution < -0.4 is 15.5 Å². The van der Waals surface area contributed by atoms with Crippen molar-refractivity contribution in [3.8, 4) is 0 Å². The zero-order chi connectivity index (χ0) is 25.2. The molecule has 1 aliphatic heterocycles. The lowest BCUT2D eigenvalue weighted by Gasteiger charge is -2.36. The second-order valence-corrected chi connectivity index (χ2v) is 10.5. The van der Waals surface area contributed by atoms with Gasteiger partial charge in [-0.1, -0.05) is 38.8 Å². The lowest BCUT2D eigenvalue weighted by Crippen LogP contribution is -2.41. The van der Waals surface area contributed by atoms with Gasteiger partial charge in [0, 0.05) is 31.1 Å². The van der Waals surface area contributed by atoms with Crippen molar-refractivity contribution in [2.45, 2.75) is 57.5 Å². The van der Waals surface area contributed by atoms with Gasteiger partial charge in [0.05, 0.1) is 0 Å². The number of halogens is 4. The number of nitrogens with one attached hydrogen (secondary N) is 2. The first kappa shape index (κ1) is 25.6. The van der Waals surface area contributed by atoms with Gasteiger partial charge in [-0.05, 0) is 61.0 Å². The first-order valence-electron chi connectivity index (χ1n) is 12.1. The van der Waals surface area contributed by atoms with Crippen LogP contribution >= 0.6 is 12.2 Å². The third kappa shape index (κ3) is 6.20. The van der Waals surface area contributed by atoms with Gasteiger partial charge in [-0.2, -0.15) is 18.2 Å². The van der Waals surface area contributed by atoms with Gasteiger partial charge >= 0.3 is 6.18 Å². The number of rotatable bonds is 5. The second kappa shape index (κ2) is 10.2. The molecule has 2 fully saturated rings. The molecule has 1 aliphatic carbocycles. The average Bonchev–Trinajstić information content (AvgIpc) is 3.27. The number of hydrogen-bond acceptors (Lipinski definition) is 4. The van der Waals surface area contributed by atoms with E-state index in [9.17, 15) is 17.6 Å². The van der Waals surface area contributed by atoms with Crippen LogP contribution in [-0.2, 0) is 11.6 Å². The molecule has 2 aromatic rings. The predicted octanol–water partition coefficient (Wildman–Crippen LogP) is 5.92. The highest BCUT2D eigenvalue weighted by molar-refractivity contribution is 7.80. The minimum absolute atomic E-state index is 0.157. The molecule has 5 nitrogen and oxygen atoms in total. The number of nitrogens with zero attached hydrogens (tertiary/aromatic N) is 3. The molecule has 2 heterocycles. The van der Waals surface area contributed by atoms with E-state index in [1.807, 2.05) is 4.90 Å². The van der Waals surface area contributed by atoms with E-state index in [0.717, 1.165) is 43.7 Å². The number of piperidine rings is 1. The molecule has 35 heavy (non-hydrogen) atoms. The number of alkyl halides is 3. The molecule has 1 saturated heterocycles. The summed E-state index contributed by atoms with van der Waals surface area (Å²) in [5.41, 5.74) is -0.186. The number of thiocarbonyl (C=S) groups is 1. The van der Waals surface area contributed by atoms with Crippen molar-refractivity contribution in [1.29, 1.82) is 0 Å². The quantitative estimate of drug-likeness (QED) is 0.386. The van der Waals surface area contributed by atoms with E-state index in [-0.39, 0.29) is 28.1 Å². The third-order valence-corrected chi connectivity index (χ3v) is 7.27. The maximum atomic E-state index is 13.6. The predicted molar refractivity (Wildman–Crippen MR) is 133 cm³/mol. The summed E-state index contributed by atoms with van der Waals surface area (Å²) in [4.78, 5) is 9.97. The van der Waals surface area contributed by atoms with Crippen molar-refractivity contribution in [3.05, 3.63) is 47.4 Å². The Morgan fingerprint density at radius 2 is 1.71 bits per heavy atom. The fourth-order valence-corrected chi connectivity index (χ4v) is 5.63. The molecule has 0 unspecified atom stereocenters. The minimum Gasteiger partial charge on any atom is -0.361 e. The van der Waals surface area contributed by atoms with Gasteiger partial charge < -0.3 is 15.5 Å². The standard InChI is InChI=1S/C25H31F4N5S/c1-16-11-17(2)14-34(13-16)21-12-20(25(27,28)29)31-22(32-21)33-23(35)30-15-24(9-3-4-10-24)18-5-7-19(26)8-6-18/h5-8,12,16-17H,3-4,9-11,13-15H2,1-2H3,(H2,30,31,32,33,35)/t16-,17+. The Bertz CT molecular complexity index is 1030. The summed E-state index contributed by atoms with van der Waals surface area (Å²) < 4.78 is 54.3.